The van der Waals surface area contributed by atoms with Crippen LogP contribution in [-0.2, 0) is 13.1 Å². The van der Waals surface area contributed by atoms with Crippen LogP contribution >= 0.6 is 0 Å². The molecular weight excluding hydrogens is 393 g/mol. The Hall–Kier alpha value is -3.67. The van der Waals surface area contributed by atoms with Gasteiger partial charge in [0.1, 0.15) is 17.4 Å². The van der Waals surface area contributed by atoms with Gasteiger partial charge in [0.2, 0.25) is 0 Å². The number of halogens is 1. The second kappa shape index (κ2) is 9.43. The van der Waals surface area contributed by atoms with Crippen molar-refractivity contribution in [3.8, 4) is 5.75 Å². The van der Waals surface area contributed by atoms with E-state index in [4.69, 9.17) is 4.74 Å². The minimum atomic E-state index is -0.540. The molecule has 5 nitrogen and oxygen atoms in total. The van der Waals surface area contributed by atoms with Crippen LogP contribution in [0.2, 0.25) is 0 Å². The van der Waals surface area contributed by atoms with Gasteiger partial charge in [-0.3, -0.25) is 4.79 Å². The third-order valence-corrected chi connectivity index (χ3v) is 5.07. The summed E-state index contributed by atoms with van der Waals surface area (Å²) in [5.74, 6) is 0.570. The highest BCUT2D eigenvalue weighted by Crippen LogP contribution is 2.18. The monoisotopic (exact) mass is 417 g/mol. The summed E-state index contributed by atoms with van der Waals surface area (Å²) in [5.41, 5.74) is 3.07. The number of benzene rings is 3. The number of fused-ring (bicyclic) bond motifs is 1. The highest BCUT2D eigenvalue weighted by molar-refractivity contribution is 5.94. The fraction of sp³-hybridized carbons (Fsp3) is 0.200. The lowest BCUT2D eigenvalue weighted by atomic mass is 10.2. The number of aromatic nitrogens is 2. The molecule has 0 unspecified atom stereocenters. The van der Waals surface area contributed by atoms with Crippen LogP contribution in [0, 0.1) is 12.7 Å². The van der Waals surface area contributed by atoms with Gasteiger partial charge in [-0.2, -0.15) is 0 Å². The largest absolute Gasteiger partial charge is 0.494 e. The first-order chi connectivity index (χ1) is 15.1. The van der Waals surface area contributed by atoms with Crippen LogP contribution in [0.5, 0.6) is 5.75 Å². The molecule has 4 aromatic rings. The molecule has 0 saturated carbocycles. The Labute approximate surface area is 180 Å². The van der Waals surface area contributed by atoms with Crippen molar-refractivity contribution in [2.75, 3.05) is 6.61 Å². The SMILES string of the molecule is Cc1ccc(OCCCn2c(CNC(=O)c3ccccc3F)nc3ccccc32)cc1. The van der Waals surface area contributed by atoms with Crippen molar-refractivity contribution in [3.63, 3.8) is 0 Å². The number of rotatable bonds is 8. The van der Waals surface area contributed by atoms with Crippen LogP contribution in [0.25, 0.3) is 11.0 Å². The van der Waals surface area contributed by atoms with Crippen molar-refractivity contribution in [1.82, 2.24) is 14.9 Å². The van der Waals surface area contributed by atoms with Gasteiger partial charge in [0.05, 0.1) is 29.7 Å². The first-order valence-electron chi connectivity index (χ1n) is 10.3. The molecule has 4 rings (SSSR count). The number of carbonyl (C=O) groups excluding carboxylic acids is 1. The number of hydrogen-bond acceptors (Lipinski definition) is 3. The van der Waals surface area contributed by atoms with E-state index in [1.54, 1.807) is 12.1 Å². The number of carbonyl (C=O) groups is 1. The van der Waals surface area contributed by atoms with E-state index >= 15 is 0 Å². The maximum Gasteiger partial charge on any atom is 0.254 e. The second-order valence-electron chi connectivity index (χ2n) is 7.35. The van der Waals surface area contributed by atoms with Gasteiger partial charge < -0.3 is 14.6 Å². The van der Waals surface area contributed by atoms with Crippen LogP contribution < -0.4 is 10.1 Å². The highest BCUT2D eigenvalue weighted by atomic mass is 19.1. The van der Waals surface area contributed by atoms with E-state index in [1.807, 2.05) is 55.5 Å². The number of nitrogens with one attached hydrogen (secondary N) is 1. The lowest BCUT2D eigenvalue weighted by Gasteiger charge is -2.11. The molecule has 0 spiro atoms. The molecule has 0 aliphatic heterocycles. The molecule has 1 heterocycles. The Balaban J connectivity index is 1.43. The maximum absolute atomic E-state index is 13.9. The van der Waals surface area contributed by atoms with Crippen molar-refractivity contribution in [1.29, 1.82) is 0 Å². The first-order valence-corrected chi connectivity index (χ1v) is 10.3. The predicted octanol–water partition coefficient (Wildman–Crippen LogP) is 4.88. The summed E-state index contributed by atoms with van der Waals surface area (Å²) in [7, 11) is 0. The summed E-state index contributed by atoms with van der Waals surface area (Å²) >= 11 is 0. The van der Waals surface area contributed by atoms with E-state index in [0.29, 0.717) is 13.2 Å². The van der Waals surface area contributed by atoms with Gasteiger partial charge in [0.15, 0.2) is 0 Å². The summed E-state index contributed by atoms with van der Waals surface area (Å²) in [5, 5.41) is 2.79. The van der Waals surface area contributed by atoms with E-state index in [2.05, 4.69) is 14.9 Å². The summed E-state index contributed by atoms with van der Waals surface area (Å²) in [6.07, 6.45) is 0.780. The molecule has 1 amide bonds. The van der Waals surface area contributed by atoms with Crippen LogP contribution in [0.4, 0.5) is 4.39 Å². The van der Waals surface area contributed by atoms with Gasteiger partial charge in [-0.15, -0.1) is 0 Å². The molecule has 0 aliphatic carbocycles. The third-order valence-electron chi connectivity index (χ3n) is 5.07. The summed E-state index contributed by atoms with van der Waals surface area (Å²) in [6, 6.07) is 21.8. The van der Waals surface area contributed by atoms with Gasteiger partial charge in [-0.1, -0.05) is 42.0 Å². The van der Waals surface area contributed by atoms with Crippen molar-refractivity contribution in [2.45, 2.75) is 26.4 Å². The van der Waals surface area contributed by atoms with Crippen molar-refractivity contribution >= 4 is 16.9 Å². The minimum absolute atomic E-state index is 0.0247. The van der Waals surface area contributed by atoms with Crippen molar-refractivity contribution in [3.05, 3.63) is 95.6 Å². The topological polar surface area (TPSA) is 56.1 Å². The zero-order chi connectivity index (χ0) is 21.6. The molecule has 3 aromatic carbocycles. The number of para-hydroxylation sites is 2. The Bertz CT molecular complexity index is 1190. The molecule has 1 aromatic heterocycles. The Kier molecular flexibility index (Phi) is 6.26. The quantitative estimate of drug-likeness (QED) is 0.416. The fourth-order valence-corrected chi connectivity index (χ4v) is 3.46. The van der Waals surface area contributed by atoms with Gasteiger partial charge in [0, 0.05) is 6.54 Å². The van der Waals surface area contributed by atoms with Crippen molar-refractivity contribution < 1.29 is 13.9 Å². The van der Waals surface area contributed by atoms with Crippen LogP contribution in [-0.4, -0.2) is 22.1 Å². The highest BCUT2D eigenvalue weighted by Gasteiger charge is 2.14. The maximum atomic E-state index is 13.9. The van der Waals surface area contributed by atoms with Crippen LogP contribution in [0.1, 0.15) is 28.2 Å². The molecular formula is C25H24FN3O2. The predicted molar refractivity (Wildman–Crippen MR) is 119 cm³/mol. The average Bonchev–Trinajstić information content (AvgIpc) is 3.14. The minimum Gasteiger partial charge on any atom is -0.494 e. The second-order valence-corrected chi connectivity index (χ2v) is 7.35. The van der Waals surface area contributed by atoms with Crippen LogP contribution in [0.3, 0.4) is 0 Å². The number of ether oxygens (including phenoxy) is 1. The van der Waals surface area contributed by atoms with E-state index in [0.717, 1.165) is 29.0 Å². The molecule has 158 valence electrons. The molecule has 0 saturated heterocycles. The Morgan fingerprint density at radius 2 is 1.77 bits per heavy atom. The standard InChI is InChI=1S/C25H24FN3O2/c1-18-11-13-19(14-12-18)31-16-6-15-29-23-10-5-4-9-22(23)28-24(29)17-27-25(30)20-7-2-3-8-21(20)26/h2-5,7-14H,6,15-17H2,1H3,(H,27,30). The zero-order valence-electron chi connectivity index (χ0n) is 17.3. The summed E-state index contributed by atoms with van der Waals surface area (Å²) < 4.78 is 21.8. The van der Waals surface area contributed by atoms with Gasteiger partial charge in [-0.25, -0.2) is 9.37 Å². The lowest BCUT2D eigenvalue weighted by Crippen LogP contribution is -2.25. The molecule has 0 aliphatic rings. The average molecular weight is 417 g/mol. The van der Waals surface area contributed by atoms with E-state index in [1.165, 1.54) is 17.7 Å². The van der Waals surface area contributed by atoms with E-state index < -0.39 is 11.7 Å². The molecule has 31 heavy (non-hydrogen) atoms. The molecule has 0 radical (unpaired) electrons. The Morgan fingerprint density at radius 1 is 1.03 bits per heavy atom. The third kappa shape index (κ3) is 4.91. The normalized spacial score (nSPS) is 10.9. The van der Waals surface area contributed by atoms with Crippen LogP contribution in [0.15, 0.2) is 72.8 Å². The van der Waals surface area contributed by atoms with Gasteiger partial charge >= 0.3 is 0 Å². The number of aryl methyl sites for hydroxylation is 2. The smallest absolute Gasteiger partial charge is 0.254 e. The molecule has 0 fully saturated rings. The zero-order valence-corrected chi connectivity index (χ0v) is 17.3. The molecule has 6 heteroatoms. The summed E-state index contributed by atoms with van der Waals surface area (Å²) in [6.45, 7) is 3.51. The Morgan fingerprint density at radius 3 is 2.58 bits per heavy atom. The summed E-state index contributed by atoms with van der Waals surface area (Å²) in [4.78, 5) is 17.1. The molecule has 0 bridgehead atoms. The van der Waals surface area contributed by atoms with E-state index in [-0.39, 0.29) is 12.1 Å². The number of amides is 1. The number of imidazole rings is 1. The van der Waals surface area contributed by atoms with Gasteiger partial charge in [0.25, 0.3) is 5.91 Å². The molecule has 0 atom stereocenters. The van der Waals surface area contributed by atoms with Gasteiger partial charge in [-0.05, 0) is 49.7 Å². The first kappa shape index (κ1) is 20.6. The fourth-order valence-electron chi connectivity index (χ4n) is 3.46. The number of hydrogen-bond donors (Lipinski definition) is 1. The van der Waals surface area contributed by atoms with E-state index in [9.17, 15) is 9.18 Å². The lowest BCUT2D eigenvalue weighted by molar-refractivity contribution is 0.0945. The molecule has 1 N–H and O–H groups in total. The number of nitrogens with zero attached hydrogens (tertiary/aromatic N) is 2. The van der Waals surface area contributed by atoms with Crippen molar-refractivity contribution in [2.24, 2.45) is 0 Å².